The molecule has 90 valence electrons. The van der Waals surface area contributed by atoms with Gasteiger partial charge in [0.1, 0.15) is 0 Å². The Kier molecular flexibility index (Phi) is 2.66. The third-order valence-corrected chi connectivity index (χ3v) is 4.24. The first-order chi connectivity index (χ1) is 7.81. The van der Waals surface area contributed by atoms with E-state index in [0.29, 0.717) is 11.9 Å². The van der Waals surface area contributed by atoms with Crippen LogP contribution in [0.2, 0.25) is 0 Å². The standard InChI is InChI=1S/C13H22N2O/c1-2-3-11-13(16)15(8-14-11)12(9-4-5-9)10-6-7-10/h9-12,14H,2-8H2,1H3. The van der Waals surface area contributed by atoms with Crippen LogP contribution < -0.4 is 5.32 Å². The van der Waals surface area contributed by atoms with Crippen LogP contribution in [0.25, 0.3) is 0 Å². The van der Waals surface area contributed by atoms with Crippen LogP contribution in [-0.2, 0) is 4.79 Å². The summed E-state index contributed by atoms with van der Waals surface area (Å²) in [5.41, 5.74) is 0. The van der Waals surface area contributed by atoms with E-state index in [1.807, 2.05) is 0 Å². The molecular weight excluding hydrogens is 200 g/mol. The van der Waals surface area contributed by atoms with Crippen molar-refractivity contribution < 1.29 is 4.79 Å². The number of hydrogen-bond acceptors (Lipinski definition) is 2. The van der Waals surface area contributed by atoms with Gasteiger partial charge in [0.05, 0.1) is 12.7 Å². The van der Waals surface area contributed by atoms with Crippen molar-refractivity contribution in [2.45, 2.75) is 57.5 Å². The molecule has 16 heavy (non-hydrogen) atoms. The molecule has 0 radical (unpaired) electrons. The number of amides is 1. The number of hydrogen-bond donors (Lipinski definition) is 1. The van der Waals surface area contributed by atoms with E-state index < -0.39 is 0 Å². The van der Waals surface area contributed by atoms with Gasteiger partial charge in [0, 0.05) is 6.04 Å². The molecule has 0 bridgehead atoms. The molecule has 3 heteroatoms. The summed E-state index contributed by atoms with van der Waals surface area (Å²) in [6.45, 7) is 2.96. The first-order valence-electron chi connectivity index (χ1n) is 6.85. The van der Waals surface area contributed by atoms with E-state index in [9.17, 15) is 4.79 Å². The van der Waals surface area contributed by atoms with Crippen LogP contribution in [0.5, 0.6) is 0 Å². The fourth-order valence-electron chi connectivity index (χ4n) is 3.11. The van der Waals surface area contributed by atoms with Crippen LogP contribution in [0, 0.1) is 11.8 Å². The fourth-order valence-corrected chi connectivity index (χ4v) is 3.11. The van der Waals surface area contributed by atoms with E-state index >= 15 is 0 Å². The van der Waals surface area contributed by atoms with Crippen LogP contribution in [-0.4, -0.2) is 29.6 Å². The molecule has 3 fully saturated rings. The van der Waals surface area contributed by atoms with Crippen LogP contribution >= 0.6 is 0 Å². The van der Waals surface area contributed by atoms with Crippen molar-refractivity contribution in [3.63, 3.8) is 0 Å². The van der Waals surface area contributed by atoms with E-state index in [0.717, 1.165) is 31.3 Å². The lowest BCUT2D eigenvalue weighted by molar-refractivity contribution is -0.131. The number of carbonyl (C=O) groups is 1. The minimum absolute atomic E-state index is 0.116. The molecule has 0 aromatic rings. The minimum atomic E-state index is 0.116. The second kappa shape index (κ2) is 4.02. The Bertz CT molecular complexity index is 272. The topological polar surface area (TPSA) is 32.3 Å². The Labute approximate surface area is 97.6 Å². The zero-order valence-corrected chi connectivity index (χ0v) is 10.1. The maximum absolute atomic E-state index is 12.3. The van der Waals surface area contributed by atoms with Gasteiger partial charge in [0.2, 0.25) is 5.91 Å². The molecule has 3 aliphatic rings. The van der Waals surface area contributed by atoms with Gasteiger partial charge in [-0.1, -0.05) is 13.3 Å². The van der Waals surface area contributed by atoms with Crippen molar-refractivity contribution in [1.29, 1.82) is 0 Å². The van der Waals surface area contributed by atoms with E-state index in [1.165, 1.54) is 25.7 Å². The molecule has 1 unspecified atom stereocenters. The molecule has 3 nitrogen and oxygen atoms in total. The molecule has 2 aliphatic carbocycles. The first kappa shape index (κ1) is 10.6. The average Bonchev–Trinajstić information content (AvgIpc) is 3.13. The highest BCUT2D eigenvalue weighted by molar-refractivity contribution is 5.84. The fraction of sp³-hybridized carbons (Fsp3) is 0.923. The summed E-state index contributed by atoms with van der Waals surface area (Å²) >= 11 is 0. The predicted octanol–water partition coefficient (Wildman–Crippen LogP) is 1.73. The summed E-state index contributed by atoms with van der Waals surface area (Å²) in [5.74, 6) is 2.04. The van der Waals surface area contributed by atoms with Crippen molar-refractivity contribution in [3.05, 3.63) is 0 Å². The van der Waals surface area contributed by atoms with Gasteiger partial charge >= 0.3 is 0 Å². The van der Waals surface area contributed by atoms with Gasteiger partial charge in [-0.25, -0.2) is 0 Å². The maximum atomic E-state index is 12.3. The van der Waals surface area contributed by atoms with Crippen molar-refractivity contribution in [2.75, 3.05) is 6.67 Å². The summed E-state index contributed by atoms with van der Waals surface area (Å²) in [6.07, 6.45) is 7.49. The molecule has 1 heterocycles. The average molecular weight is 222 g/mol. The van der Waals surface area contributed by atoms with Gasteiger partial charge in [0.15, 0.2) is 0 Å². The summed E-state index contributed by atoms with van der Waals surface area (Å²) < 4.78 is 0. The van der Waals surface area contributed by atoms with Crippen LogP contribution in [0.3, 0.4) is 0 Å². The Morgan fingerprint density at radius 2 is 1.94 bits per heavy atom. The first-order valence-corrected chi connectivity index (χ1v) is 6.85. The highest BCUT2D eigenvalue weighted by atomic mass is 16.2. The van der Waals surface area contributed by atoms with Crippen LogP contribution in [0.1, 0.15) is 45.4 Å². The Hall–Kier alpha value is -0.570. The van der Waals surface area contributed by atoms with E-state index in [4.69, 9.17) is 0 Å². The number of nitrogens with zero attached hydrogens (tertiary/aromatic N) is 1. The SMILES string of the molecule is CCCC1NCN(C(C2CC2)C2CC2)C1=O. The second-order valence-electron chi connectivity index (χ2n) is 5.68. The monoisotopic (exact) mass is 222 g/mol. The van der Waals surface area contributed by atoms with Crippen molar-refractivity contribution >= 4 is 5.91 Å². The normalized spacial score (nSPS) is 30.5. The Morgan fingerprint density at radius 3 is 2.44 bits per heavy atom. The number of rotatable bonds is 5. The maximum Gasteiger partial charge on any atom is 0.241 e. The lowest BCUT2D eigenvalue weighted by atomic mass is 10.0. The van der Waals surface area contributed by atoms with Gasteiger partial charge in [-0.05, 0) is 43.9 Å². The van der Waals surface area contributed by atoms with Gasteiger partial charge in [-0.3, -0.25) is 10.1 Å². The summed E-state index contributed by atoms with van der Waals surface area (Å²) in [6, 6.07) is 0.701. The molecule has 2 saturated carbocycles. The molecule has 1 atom stereocenters. The smallest absolute Gasteiger partial charge is 0.241 e. The highest BCUT2D eigenvalue weighted by Crippen LogP contribution is 2.47. The highest BCUT2D eigenvalue weighted by Gasteiger charge is 2.48. The molecule has 0 aromatic heterocycles. The molecule has 1 aliphatic heterocycles. The zero-order chi connectivity index (χ0) is 11.1. The lowest BCUT2D eigenvalue weighted by Gasteiger charge is -2.27. The molecule has 1 amide bonds. The molecule has 0 aromatic carbocycles. The third kappa shape index (κ3) is 1.86. The van der Waals surface area contributed by atoms with Crippen molar-refractivity contribution in [2.24, 2.45) is 11.8 Å². The molecule has 3 rings (SSSR count). The molecule has 1 N–H and O–H groups in total. The Morgan fingerprint density at radius 1 is 1.31 bits per heavy atom. The molecule has 0 spiro atoms. The lowest BCUT2D eigenvalue weighted by Crippen LogP contribution is -2.41. The predicted molar refractivity (Wildman–Crippen MR) is 62.8 cm³/mol. The van der Waals surface area contributed by atoms with Gasteiger partial charge in [-0.15, -0.1) is 0 Å². The summed E-state index contributed by atoms with van der Waals surface area (Å²) in [5, 5.41) is 3.38. The largest absolute Gasteiger partial charge is 0.325 e. The van der Waals surface area contributed by atoms with Crippen LogP contribution in [0.15, 0.2) is 0 Å². The second-order valence-corrected chi connectivity index (χ2v) is 5.68. The van der Waals surface area contributed by atoms with Crippen molar-refractivity contribution in [1.82, 2.24) is 10.2 Å². The Balaban J connectivity index is 1.67. The van der Waals surface area contributed by atoms with Gasteiger partial charge in [0.25, 0.3) is 0 Å². The van der Waals surface area contributed by atoms with Crippen LogP contribution in [0.4, 0.5) is 0 Å². The zero-order valence-electron chi connectivity index (χ0n) is 10.1. The minimum Gasteiger partial charge on any atom is -0.325 e. The number of nitrogens with one attached hydrogen (secondary N) is 1. The van der Waals surface area contributed by atoms with E-state index in [1.54, 1.807) is 0 Å². The molecule has 1 saturated heterocycles. The van der Waals surface area contributed by atoms with E-state index in [2.05, 4.69) is 17.1 Å². The van der Waals surface area contributed by atoms with E-state index in [-0.39, 0.29) is 6.04 Å². The molecular formula is C13H22N2O. The third-order valence-electron chi connectivity index (χ3n) is 4.24. The quantitative estimate of drug-likeness (QED) is 0.768. The van der Waals surface area contributed by atoms with Gasteiger partial charge < -0.3 is 4.90 Å². The van der Waals surface area contributed by atoms with Crippen molar-refractivity contribution in [3.8, 4) is 0 Å². The number of carbonyl (C=O) groups excluding carboxylic acids is 1. The summed E-state index contributed by atoms with van der Waals surface area (Å²) in [7, 11) is 0. The summed E-state index contributed by atoms with van der Waals surface area (Å²) in [4.78, 5) is 14.4. The van der Waals surface area contributed by atoms with Gasteiger partial charge in [-0.2, -0.15) is 0 Å².